The molecule has 4 aromatic rings. The summed E-state index contributed by atoms with van der Waals surface area (Å²) in [6.45, 7) is 0. The average Bonchev–Trinajstić information content (AvgIpc) is 3.15. The highest BCUT2D eigenvalue weighted by molar-refractivity contribution is 7.99. The third kappa shape index (κ3) is 4.34. The van der Waals surface area contributed by atoms with Crippen molar-refractivity contribution in [3.05, 3.63) is 40.7 Å². The number of hydrogen-bond acceptors (Lipinski definition) is 8. The van der Waals surface area contributed by atoms with Gasteiger partial charge in [-0.25, -0.2) is 4.98 Å². The molecule has 35 heavy (non-hydrogen) atoms. The fraction of sp³-hybridized carbons (Fsp3) is 0.292. The summed E-state index contributed by atoms with van der Waals surface area (Å²) in [7, 11) is 9.58. The zero-order valence-electron chi connectivity index (χ0n) is 20.3. The number of anilines is 1. The number of benzene rings is 2. The van der Waals surface area contributed by atoms with E-state index in [4.69, 9.17) is 23.9 Å². The number of thioether (sulfide) groups is 1. The molecule has 0 atom stereocenters. The lowest BCUT2D eigenvalue weighted by Crippen LogP contribution is -2.22. The zero-order chi connectivity index (χ0) is 25.3. The van der Waals surface area contributed by atoms with Gasteiger partial charge >= 0.3 is 0 Å². The van der Waals surface area contributed by atoms with Crippen LogP contribution in [0.15, 0.2) is 40.3 Å². The normalized spacial score (nSPS) is 11.0. The van der Waals surface area contributed by atoms with Gasteiger partial charge in [-0.2, -0.15) is 0 Å². The molecule has 184 valence electrons. The smallest absolute Gasteiger partial charge is 0.278 e. The monoisotopic (exact) mass is 498 g/mol. The molecule has 0 spiro atoms. The van der Waals surface area contributed by atoms with E-state index in [1.54, 1.807) is 26.3 Å². The third-order valence-electron chi connectivity index (χ3n) is 5.66. The minimum Gasteiger partial charge on any atom is -0.497 e. The number of ether oxygens (including phenoxy) is 4. The Morgan fingerprint density at radius 2 is 1.66 bits per heavy atom. The summed E-state index contributed by atoms with van der Waals surface area (Å²) in [6.07, 6.45) is 0. The SMILES string of the molecule is COc1ccc2c(c1)c1nc(SCC(=O)Nc3cc(OC)c(OC)c(OC)c3)n(C)c(=O)c1n2C. The molecule has 0 fully saturated rings. The van der Waals surface area contributed by atoms with Gasteiger partial charge in [-0.15, -0.1) is 0 Å². The Balaban J connectivity index is 1.62. The molecule has 0 aliphatic heterocycles. The summed E-state index contributed by atoms with van der Waals surface area (Å²) in [5, 5.41) is 4.06. The zero-order valence-corrected chi connectivity index (χ0v) is 21.1. The second-order valence-electron chi connectivity index (χ2n) is 7.65. The molecule has 0 aliphatic rings. The standard InChI is InChI=1S/C24H26N4O6S/c1-27-16-8-7-14(31-3)11-15(16)20-21(27)23(30)28(2)24(26-20)35-12-19(29)25-13-9-17(32-4)22(34-6)18(10-13)33-5/h7-11H,12H2,1-6H3,(H,25,29). The number of carbonyl (C=O) groups is 1. The molecule has 4 rings (SSSR count). The topological polar surface area (TPSA) is 106 Å². The van der Waals surface area contributed by atoms with Gasteiger partial charge in [0, 0.05) is 37.3 Å². The molecule has 10 nitrogen and oxygen atoms in total. The van der Waals surface area contributed by atoms with Crippen LogP contribution in [-0.2, 0) is 18.9 Å². The number of carbonyl (C=O) groups excluding carboxylic acids is 1. The maximum Gasteiger partial charge on any atom is 0.278 e. The van der Waals surface area contributed by atoms with Crippen LogP contribution >= 0.6 is 11.8 Å². The molecule has 1 amide bonds. The van der Waals surface area contributed by atoms with E-state index >= 15 is 0 Å². The molecule has 2 aromatic heterocycles. The van der Waals surface area contributed by atoms with Crippen LogP contribution in [0.3, 0.4) is 0 Å². The number of nitrogens with zero attached hydrogens (tertiary/aromatic N) is 3. The van der Waals surface area contributed by atoms with Crippen LogP contribution < -0.4 is 29.8 Å². The molecule has 0 aliphatic carbocycles. The van der Waals surface area contributed by atoms with Crippen molar-refractivity contribution in [3.63, 3.8) is 0 Å². The first-order valence-electron chi connectivity index (χ1n) is 10.6. The second-order valence-corrected chi connectivity index (χ2v) is 8.59. The van der Waals surface area contributed by atoms with E-state index in [2.05, 4.69) is 5.32 Å². The number of rotatable bonds is 8. The predicted octanol–water partition coefficient (Wildman–Crippen LogP) is 3.19. The van der Waals surface area contributed by atoms with Gasteiger partial charge in [-0.1, -0.05) is 11.8 Å². The molecule has 0 bridgehead atoms. The molecule has 2 heterocycles. The first kappa shape index (κ1) is 24.3. The number of nitrogens with one attached hydrogen (secondary N) is 1. The Bertz CT molecular complexity index is 1470. The Morgan fingerprint density at radius 1 is 0.971 bits per heavy atom. The minimum absolute atomic E-state index is 0.0382. The van der Waals surface area contributed by atoms with Crippen LogP contribution in [-0.4, -0.2) is 54.2 Å². The van der Waals surface area contributed by atoms with Crippen molar-refractivity contribution < 1.29 is 23.7 Å². The van der Waals surface area contributed by atoms with Gasteiger partial charge in [0.15, 0.2) is 16.7 Å². The van der Waals surface area contributed by atoms with E-state index in [1.165, 1.54) is 37.7 Å². The first-order valence-corrected chi connectivity index (χ1v) is 11.6. The van der Waals surface area contributed by atoms with Crippen LogP contribution in [0.4, 0.5) is 5.69 Å². The van der Waals surface area contributed by atoms with Gasteiger partial charge in [-0.05, 0) is 18.2 Å². The van der Waals surface area contributed by atoms with Crippen LogP contribution in [0.25, 0.3) is 21.9 Å². The van der Waals surface area contributed by atoms with Crippen molar-refractivity contribution in [1.82, 2.24) is 14.1 Å². The van der Waals surface area contributed by atoms with E-state index in [0.29, 0.717) is 44.9 Å². The molecule has 2 aromatic carbocycles. The molecule has 0 radical (unpaired) electrons. The maximum atomic E-state index is 13.1. The fourth-order valence-electron chi connectivity index (χ4n) is 3.91. The largest absolute Gasteiger partial charge is 0.497 e. The number of aryl methyl sites for hydroxylation is 1. The average molecular weight is 499 g/mol. The van der Waals surface area contributed by atoms with Crippen LogP contribution in [0, 0.1) is 0 Å². The minimum atomic E-state index is -0.279. The number of aromatic nitrogens is 3. The quantitative estimate of drug-likeness (QED) is 0.292. The molecule has 0 saturated heterocycles. The van der Waals surface area contributed by atoms with E-state index < -0.39 is 0 Å². The van der Waals surface area contributed by atoms with Crippen molar-refractivity contribution in [2.45, 2.75) is 5.16 Å². The number of methoxy groups -OCH3 is 4. The van der Waals surface area contributed by atoms with Crippen LogP contribution in [0.1, 0.15) is 0 Å². The molecule has 11 heteroatoms. The Hall–Kier alpha value is -3.86. The Labute approximate surface area is 205 Å². The van der Waals surface area contributed by atoms with Gasteiger partial charge in [0.2, 0.25) is 11.7 Å². The van der Waals surface area contributed by atoms with Crippen LogP contribution in [0.2, 0.25) is 0 Å². The number of amides is 1. The summed E-state index contributed by atoms with van der Waals surface area (Å²) < 4.78 is 24.6. The lowest BCUT2D eigenvalue weighted by molar-refractivity contribution is -0.113. The van der Waals surface area contributed by atoms with Crippen molar-refractivity contribution in [2.24, 2.45) is 14.1 Å². The van der Waals surface area contributed by atoms with E-state index in [0.717, 1.165) is 10.9 Å². The maximum absolute atomic E-state index is 13.1. The van der Waals surface area contributed by atoms with Gasteiger partial charge in [0.1, 0.15) is 16.8 Å². The lowest BCUT2D eigenvalue weighted by atomic mass is 10.2. The number of hydrogen-bond donors (Lipinski definition) is 1. The highest BCUT2D eigenvalue weighted by Gasteiger charge is 2.19. The van der Waals surface area contributed by atoms with Gasteiger partial charge in [0.25, 0.3) is 5.56 Å². The van der Waals surface area contributed by atoms with Gasteiger partial charge in [0.05, 0.1) is 39.7 Å². The van der Waals surface area contributed by atoms with Gasteiger partial charge < -0.3 is 28.8 Å². The summed E-state index contributed by atoms with van der Waals surface area (Å²) in [6, 6.07) is 8.89. The Morgan fingerprint density at radius 3 is 2.26 bits per heavy atom. The Kier molecular flexibility index (Phi) is 6.79. The third-order valence-corrected chi connectivity index (χ3v) is 6.69. The molecule has 0 unspecified atom stereocenters. The predicted molar refractivity (Wildman–Crippen MR) is 135 cm³/mol. The molecule has 1 N–H and O–H groups in total. The van der Waals surface area contributed by atoms with Gasteiger partial charge in [-0.3, -0.25) is 14.2 Å². The summed E-state index contributed by atoms with van der Waals surface area (Å²) in [4.78, 5) is 30.6. The van der Waals surface area contributed by atoms with Crippen molar-refractivity contribution in [3.8, 4) is 23.0 Å². The molecule has 0 saturated carbocycles. The van der Waals surface area contributed by atoms with Crippen LogP contribution in [0.5, 0.6) is 23.0 Å². The van der Waals surface area contributed by atoms with E-state index in [9.17, 15) is 9.59 Å². The summed E-state index contributed by atoms with van der Waals surface area (Å²) in [5.74, 6) is 1.72. The highest BCUT2D eigenvalue weighted by Crippen LogP contribution is 2.40. The van der Waals surface area contributed by atoms with Crippen molar-refractivity contribution in [1.29, 1.82) is 0 Å². The molecular weight excluding hydrogens is 472 g/mol. The molecular formula is C24H26N4O6S. The van der Waals surface area contributed by atoms with Crippen molar-refractivity contribution >= 4 is 45.3 Å². The second kappa shape index (κ2) is 9.79. The highest BCUT2D eigenvalue weighted by atomic mass is 32.2. The fourth-order valence-corrected chi connectivity index (χ4v) is 4.68. The van der Waals surface area contributed by atoms with E-state index in [1.807, 2.05) is 29.8 Å². The first-order chi connectivity index (χ1) is 16.8. The lowest BCUT2D eigenvalue weighted by Gasteiger charge is -2.14. The summed E-state index contributed by atoms with van der Waals surface area (Å²) >= 11 is 1.17. The van der Waals surface area contributed by atoms with Crippen molar-refractivity contribution in [2.75, 3.05) is 39.5 Å². The van der Waals surface area contributed by atoms with E-state index in [-0.39, 0.29) is 17.2 Å². The summed E-state index contributed by atoms with van der Waals surface area (Å²) in [5.41, 5.74) is 2.22. The number of fused-ring (bicyclic) bond motifs is 3.